The fraction of sp³-hybridized carbons (Fsp3) is 0.545. The van der Waals surface area contributed by atoms with Gasteiger partial charge in [0.05, 0.1) is 6.61 Å². The van der Waals surface area contributed by atoms with Crippen LogP contribution in [-0.4, -0.2) is 51.7 Å². The first-order chi connectivity index (χ1) is 8.37. The Bertz CT molecular complexity index is 422. The highest BCUT2D eigenvalue weighted by atomic mass is 19.1. The molecular formula is C11H16FN3O3. The highest BCUT2D eigenvalue weighted by molar-refractivity contribution is 5.92. The summed E-state index contributed by atoms with van der Waals surface area (Å²) in [7, 11) is 0. The molecule has 7 heteroatoms. The van der Waals surface area contributed by atoms with Gasteiger partial charge in [-0.3, -0.25) is 0 Å². The average molecular weight is 257 g/mol. The van der Waals surface area contributed by atoms with Crippen LogP contribution in [0.4, 0.5) is 4.39 Å². The minimum Gasteiger partial charge on any atom is -0.394 e. The molecule has 0 radical (unpaired) electrons. The molecule has 0 bridgehead atoms. The molecule has 1 unspecified atom stereocenters. The molecule has 6 nitrogen and oxygen atoms in total. The molecule has 0 aromatic rings. The van der Waals surface area contributed by atoms with Gasteiger partial charge in [-0.05, 0) is 13.0 Å². The van der Waals surface area contributed by atoms with Crippen LogP contribution < -0.4 is 5.73 Å². The van der Waals surface area contributed by atoms with E-state index in [0.717, 1.165) is 0 Å². The van der Waals surface area contributed by atoms with Gasteiger partial charge in [0.2, 0.25) is 0 Å². The Morgan fingerprint density at radius 3 is 2.89 bits per heavy atom. The molecule has 100 valence electrons. The average Bonchev–Trinajstić information content (AvgIpc) is 2.52. The van der Waals surface area contributed by atoms with E-state index in [1.807, 2.05) is 0 Å². The number of aliphatic hydroxyl groups excluding tert-OH is 2. The maximum atomic E-state index is 14.5. The maximum Gasteiger partial charge on any atom is 0.181 e. The number of halogens is 1. The van der Waals surface area contributed by atoms with E-state index in [1.54, 1.807) is 0 Å². The molecule has 1 saturated heterocycles. The van der Waals surface area contributed by atoms with Gasteiger partial charge < -0.3 is 25.6 Å². The molecule has 2 heterocycles. The third-order valence-electron chi connectivity index (χ3n) is 3.11. The fourth-order valence-corrected chi connectivity index (χ4v) is 2.06. The monoisotopic (exact) mass is 257 g/mol. The van der Waals surface area contributed by atoms with Crippen molar-refractivity contribution in [3.63, 3.8) is 0 Å². The fourth-order valence-electron chi connectivity index (χ4n) is 2.06. The topological polar surface area (TPSA) is 91.3 Å². The van der Waals surface area contributed by atoms with Crippen LogP contribution in [0.2, 0.25) is 0 Å². The third kappa shape index (κ3) is 1.90. The van der Waals surface area contributed by atoms with Crippen molar-refractivity contribution >= 4 is 5.84 Å². The molecule has 4 atom stereocenters. The first kappa shape index (κ1) is 13.0. The predicted octanol–water partition coefficient (Wildman–Crippen LogP) is -0.550. The van der Waals surface area contributed by atoms with Crippen molar-refractivity contribution in [1.29, 1.82) is 0 Å². The third-order valence-corrected chi connectivity index (χ3v) is 3.11. The van der Waals surface area contributed by atoms with E-state index in [2.05, 4.69) is 11.6 Å². The van der Waals surface area contributed by atoms with Gasteiger partial charge in [0.15, 0.2) is 11.9 Å². The van der Waals surface area contributed by atoms with Gasteiger partial charge in [-0.2, -0.15) is 0 Å². The zero-order valence-corrected chi connectivity index (χ0v) is 9.95. The van der Waals surface area contributed by atoms with Gasteiger partial charge in [-0.25, -0.2) is 9.38 Å². The van der Waals surface area contributed by atoms with Crippen molar-refractivity contribution in [3.8, 4) is 0 Å². The van der Waals surface area contributed by atoms with Crippen molar-refractivity contribution < 1.29 is 19.3 Å². The number of nitrogens with zero attached hydrogens (tertiary/aromatic N) is 2. The Balaban J connectivity index is 2.25. The van der Waals surface area contributed by atoms with E-state index in [9.17, 15) is 9.50 Å². The maximum absolute atomic E-state index is 14.5. The van der Waals surface area contributed by atoms with Crippen molar-refractivity contribution in [2.45, 2.75) is 31.0 Å². The number of hydrogen-bond donors (Lipinski definition) is 3. The first-order valence-electron chi connectivity index (χ1n) is 5.51. The SMILES string of the molecule is C=C1N=C(N)C=CN1[C@@H]1O[C@H](CO)C(O)[C@]1(C)F. The van der Waals surface area contributed by atoms with Crippen LogP contribution in [0, 0.1) is 0 Å². The summed E-state index contributed by atoms with van der Waals surface area (Å²) in [6.07, 6.45) is -0.538. The number of nitrogens with two attached hydrogens (primary N) is 1. The molecular weight excluding hydrogens is 241 g/mol. The molecule has 2 aliphatic heterocycles. The molecule has 0 amide bonds. The van der Waals surface area contributed by atoms with Gasteiger partial charge in [0, 0.05) is 6.20 Å². The quantitative estimate of drug-likeness (QED) is 0.617. The van der Waals surface area contributed by atoms with Crippen molar-refractivity contribution in [2.24, 2.45) is 10.7 Å². The van der Waals surface area contributed by atoms with E-state index in [-0.39, 0.29) is 11.7 Å². The van der Waals surface area contributed by atoms with Crippen LogP contribution in [0.5, 0.6) is 0 Å². The molecule has 0 aromatic carbocycles. The molecule has 0 saturated carbocycles. The van der Waals surface area contributed by atoms with Crippen LogP contribution in [0.1, 0.15) is 6.92 Å². The van der Waals surface area contributed by atoms with Crippen molar-refractivity contribution in [3.05, 3.63) is 24.7 Å². The summed E-state index contributed by atoms with van der Waals surface area (Å²) >= 11 is 0. The van der Waals surface area contributed by atoms with E-state index in [4.69, 9.17) is 15.6 Å². The van der Waals surface area contributed by atoms with E-state index >= 15 is 0 Å². The summed E-state index contributed by atoms with van der Waals surface area (Å²) in [6, 6.07) is 0. The van der Waals surface area contributed by atoms with E-state index in [0.29, 0.717) is 0 Å². The number of alkyl halides is 1. The lowest BCUT2D eigenvalue weighted by Gasteiger charge is -2.34. The Kier molecular flexibility index (Phi) is 3.14. The molecule has 2 aliphatic rings. The normalized spacial score (nSPS) is 40.2. The smallest absolute Gasteiger partial charge is 0.181 e. The first-order valence-corrected chi connectivity index (χ1v) is 5.51. The standard InChI is InChI=1S/C11H16FN3O3/c1-6-14-8(13)3-4-15(6)10-11(2,12)9(17)7(5-16)18-10/h3-4,7,9-10,16-17H,1,5H2,2H3,(H2,13,14)/t7-,9?,10-,11+/m1/s1. The van der Waals surface area contributed by atoms with Gasteiger partial charge >= 0.3 is 0 Å². The number of ether oxygens (including phenoxy) is 1. The summed E-state index contributed by atoms with van der Waals surface area (Å²) in [5.74, 6) is 0.476. The Hall–Kier alpha value is -1.44. The van der Waals surface area contributed by atoms with E-state index in [1.165, 1.54) is 24.1 Å². The number of aliphatic imine (C=N–C) groups is 1. The summed E-state index contributed by atoms with van der Waals surface area (Å²) in [5, 5.41) is 18.8. The van der Waals surface area contributed by atoms with Crippen LogP contribution in [-0.2, 0) is 4.74 Å². The summed E-state index contributed by atoms with van der Waals surface area (Å²) in [6.45, 7) is 4.39. The molecule has 1 fully saturated rings. The minimum absolute atomic E-state index is 0.217. The molecule has 2 rings (SSSR count). The molecule has 4 N–H and O–H groups in total. The second kappa shape index (κ2) is 4.34. The Morgan fingerprint density at radius 2 is 2.39 bits per heavy atom. The number of amidine groups is 1. The van der Waals surface area contributed by atoms with Gasteiger partial charge in [0.1, 0.15) is 23.9 Å². The molecule has 0 spiro atoms. The second-order valence-corrected chi connectivity index (χ2v) is 4.48. The minimum atomic E-state index is -2.05. The number of aliphatic hydroxyl groups is 2. The van der Waals surface area contributed by atoms with Crippen molar-refractivity contribution in [2.75, 3.05) is 6.61 Å². The van der Waals surface area contributed by atoms with Crippen LogP contribution in [0.3, 0.4) is 0 Å². The largest absolute Gasteiger partial charge is 0.394 e. The summed E-state index contributed by atoms with van der Waals surface area (Å²) in [4.78, 5) is 5.24. The second-order valence-electron chi connectivity index (χ2n) is 4.48. The zero-order chi connectivity index (χ0) is 13.5. The Labute approximate surface area is 104 Å². The highest BCUT2D eigenvalue weighted by Crippen LogP contribution is 2.38. The lowest BCUT2D eigenvalue weighted by atomic mass is 9.98. The highest BCUT2D eigenvalue weighted by Gasteiger charge is 2.56. The molecule has 18 heavy (non-hydrogen) atoms. The van der Waals surface area contributed by atoms with Gasteiger partial charge in [-0.15, -0.1) is 0 Å². The number of hydrogen-bond acceptors (Lipinski definition) is 6. The van der Waals surface area contributed by atoms with Crippen LogP contribution in [0.25, 0.3) is 0 Å². The van der Waals surface area contributed by atoms with Crippen molar-refractivity contribution in [1.82, 2.24) is 4.90 Å². The molecule has 0 aliphatic carbocycles. The zero-order valence-electron chi connectivity index (χ0n) is 9.95. The number of rotatable bonds is 2. The Morgan fingerprint density at radius 1 is 1.72 bits per heavy atom. The predicted molar refractivity (Wildman–Crippen MR) is 63.0 cm³/mol. The lowest BCUT2D eigenvalue weighted by molar-refractivity contribution is -0.0765. The van der Waals surface area contributed by atoms with Gasteiger partial charge in [0.25, 0.3) is 0 Å². The van der Waals surface area contributed by atoms with Crippen LogP contribution >= 0.6 is 0 Å². The summed E-state index contributed by atoms with van der Waals surface area (Å²) in [5.41, 5.74) is 3.43. The van der Waals surface area contributed by atoms with Crippen LogP contribution in [0.15, 0.2) is 29.7 Å². The summed E-state index contributed by atoms with van der Waals surface area (Å²) < 4.78 is 19.8. The van der Waals surface area contributed by atoms with E-state index < -0.39 is 30.7 Å². The lowest BCUT2D eigenvalue weighted by Crippen LogP contribution is -2.48. The van der Waals surface area contributed by atoms with Gasteiger partial charge in [-0.1, -0.05) is 6.58 Å². The molecule has 0 aromatic heterocycles.